The summed E-state index contributed by atoms with van der Waals surface area (Å²) in [6.45, 7) is 5.16. The molecule has 0 radical (unpaired) electrons. The van der Waals surface area contributed by atoms with Crippen LogP contribution in [0, 0.1) is 0 Å². The fraction of sp³-hybridized carbons (Fsp3) is 0.357. The number of sulfone groups is 1. The lowest BCUT2D eigenvalue weighted by Crippen LogP contribution is -2.29. The Balaban J connectivity index is 2.70. The Bertz CT molecular complexity index is 697. The largest absolute Gasteiger partial charge is 0.223 e. The molecule has 0 saturated heterocycles. The first kappa shape index (κ1) is 13.0. The Kier molecular flexibility index (Phi) is 2.93. The predicted octanol–water partition coefficient (Wildman–Crippen LogP) is 2.24. The van der Waals surface area contributed by atoms with Crippen LogP contribution >= 0.6 is 0 Å². The summed E-state index contributed by atoms with van der Waals surface area (Å²) in [6, 6.07) is 9.12. The van der Waals surface area contributed by atoms with Crippen molar-refractivity contribution in [2.24, 2.45) is 7.05 Å². The number of hydrogen-bond donors (Lipinski definition) is 0. The number of nitrogens with zero attached hydrogens (tertiary/aromatic N) is 1. The SMILES string of the molecule is C[n+]1cccc2cc(S(=O)(=O)C(C)(C)C)ccc21. The van der Waals surface area contributed by atoms with Crippen LogP contribution in [0.2, 0.25) is 0 Å². The smallest absolute Gasteiger partial charge is 0.212 e. The van der Waals surface area contributed by atoms with Crippen LogP contribution < -0.4 is 4.57 Å². The minimum atomic E-state index is -3.29. The minimum absolute atomic E-state index is 0.383. The molecule has 0 saturated carbocycles. The third-order valence-corrected chi connectivity index (χ3v) is 5.57. The van der Waals surface area contributed by atoms with Gasteiger partial charge in [-0.25, -0.2) is 13.0 Å². The van der Waals surface area contributed by atoms with E-state index in [9.17, 15) is 8.42 Å². The first-order valence-electron chi connectivity index (χ1n) is 5.86. The Morgan fingerprint density at radius 3 is 2.39 bits per heavy atom. The molecule has 1 heterocycles. The zero-order valence-corrected chi connectivity index (χ0v) is 12.0. The molecule has 0 spiro atoms. The number of fused-ring (bicyclic) bond motifs is 1. The molecule has 0 aliphatic carbocycles. The number of aryl methyl sites for hydroxylation is 1. The van der Waals surface area contributed by atoms with E-state index in [1.807, 2.05) is 36.0 Å². The van der Waals surface area contributed by atoms with E-state index in [4.69, 9.17) is 0 Å². The zero-order valence-electron chi connectivity index (χ0n) is 11.1. The second-order valence-corrected chi connectivity index (χ2v) is 8.16. The maximum atomic E-state index is 12.4. The molecule has 18 heavy (non-hydrogen) atoms. The highest BCUT2D eigenvalue weighted by Gasteiger charge is 2.31. The van der Waals surface area contributed by atoms with E-state index in [0.29, 0.717) is 4.90 Å². The molecule has 0 fully saturated rings. The van der Waals surface area contributed by atoms with Gasteiger partial charge >= 0.3 is 0 Å². The van der Waals surface area contributed by atoms with Crippen LogP contribution in [0.5, 0.6) is 0 Å². The van der Waals surface area contributed by atoms with Crippen molar-refractivity contribution in [1.29, 1.82) is 0 Å². The van der Waals surface area contributed by atoms with Crippen LogP contribution in [-0.4, -0.2) is 13.2 Å². The summed E-state index contributed by atoms with van der Waals surface area (Å²) in [5.74, 6) is 0. The predicted molar refractivity (Wildman–Crippen MR) is 72.1 cm³/mol. The highest BCUT2D eigenvalue weighted by Crippen LogP contribution is 2.26. The van der Waals surface area contributed by atoms with E-state index in [-0.39, 0.29) is 0 Å². The summed E-state index contributed by atoms with van der Waals surface area (Å²) in [6.07, 6.45) is 1.94. The fourth-order valence-corrected chi connectivity index (χ4v) is 3.10. The molecule has 0 aliphatic rings. The molecular formula is C14H18NO2S+. The van der Waals surface area contributed by atoms with Gasteiger partial charge in [0.2, 0.25) is 5.52 Å². The first-order chi connectivity index (χ1) is 8.23. The Hall–Kier alpha value is -1.42. The number of rotatable bonds is 1. The summed E-state index contributed by atoms with van der Waals surface area (Å²) in [5, 5.41) is 0.935. The molecule has 0 unspecified atom stereocenters. The molecular weight excluding hydrogens is 246 g/mol. The molecule has 0 amide bonds. The Labute approximate surface area is 108 Å². The average Bonchev–Trinajstić information content (AvgIpc) is 2.27. The lowest BCUT2D eigenvalue weighted by Gasteiger charge is -2.19. The third-order valence-electron chi connectivity index (χ3n) is 3.08. The van der Waals surface area contributed by atoms with Gasteiger partial charge in [-0.2, -0.15) is 0 Å². The van der Waals surface area contributed by atoms with Crippen LogP contribution in [0.4, 0.5) is 0 Å². The minimum Gasteiger partial charge on any atom is -0.223 e. The lowest BCUT2D eigenvalue weighted by molar-refractivity contribution is -0.644. The summed E-state index contributed by atoms with van der Waals surface area (Å²) in [7, 11) is -1.35. The highest BCUT2D eigenvalue weighted by molar-refractivity contribution is 7.92. The van der Waals surface area contributed by atoms with Crippen molar-refractivity contribution in [3.8, 4) is 0 Å². The van der Waals surface area contributed by atoms with Crippen LogP contribution in [0.15, 0.2) is 41.4 Å². The normalized spacial score (nSPS) is 12.9. The van der Waals surface area contributed by atoms with Gasteiger partial charge in [0.1, 0.15) is 7.05 Å². The van der Waals surface area contributed by atoms with E-state index < -0.39 is 14.6 Å². The Morgan fingerprint density at radius 2 is 1.78 bits per heavy atom. The molecule has 96 valence electrons. The summed E-state index contributed by atoms with van der Waals surface area (Å²) in [4.78, 5) is 0.383. The molecule has 0 atom stereocenters. The van der Waals surface area contributed by atoms with Crippen LogP contribution in [0.25, 0.3) is 10.9 Å². The number of hydrogen-bond acceptors (Lipinski definition) is 2. The van der Waals surface area contributed by atoms with Crippen molar-refractivity contribution in [1.82, 2.24) is 0 Å². The van der Waals surface area contributed by atoms with Gasteiger partial charge in [0.25, 0.3) is 0 Å². The first-order valence-corrected chi connectivity index (χ1v) is 7.35. The molecule has 0 aliphatic heterocycles. The second-order valence-electron chi connectivity index (χ2n) is 5.46. The van der Waals surface area contributed by atoms with E-state index >= 15 is 0 Å². The van der Waals surface area contributed by atoms with E-state index in [0.717, 1.165) is 10.9 Å². The van der Waals surface area contributed by atoms with Gasteiger partial charge in [-0.15, -0.1) is 0 Å². The molecule has 3 nitrogen and oxygen atoms in total. The maximum absolute atomic E-state index is 12.4. The summed E-state index contributed by atoms with van der Waals surface area (Å²) in [5.41, 5.74) is 1.02. The quantitative estimate of drug-likeness (QED) is 0.741. The molecule has 2 rings (SSSR count). The van der Waals surface area contributed by atoms with Gasteiger partial charge in [0, 0.05) is 17.5 Å². The van der Waals surface area contributed by atoms with Gasteiger partial charge < -0.3 is 0 Å². The third kappa shape index (κ3) is 2.01. The average molecular weight is 264 g/mol. The van der Waals surface area contributed by atoms with Crippen molar-refractivity contribution in [2.45, 2.75) is 30.4 Å². The monoisotopic (exact) mass is 264 g/mol. The second kappa shape index (κ2) is 4.05. The zero-order chi connectivity index (χ0) is 13.6. The highest BCUT2D eigenvalue weighted by atomic mass is 32.2. The summed E-state index contributed by atoms with van der Waals surface area (Å²) < 4.78 is 25.9. The maximum Gasteiger partial charge on any atom is 0.212 e. The van der Waals surface area contributed by atoms with Crippen molar-refractivity contribution in [3.63, 3.8) is 0 Å². The van der Waals surface area contributed by atoms with Gasteiger partial charge in [-0.3, -0.25) is 0 Å². The van der Waals surface area contributed by atoms with Gasteiger partial charge in [0.15, 0.2) is 16.0 Å². The molecule has 0 bridgehead atoms. The van der Waals surface area contributed by atoms with E-state index in [1.54, 1.807) is 32.9 Å². The molecule has 4 heteroatoms. The number of aromatic nitrogens is 1. The molecule has 2 aromatic rings. The standard InChI is InChI=1S/C14H18NO2S/c1-14(2,3)18(16,17)12-7-8-13-11(10-12)6-5-9-15(13)4/h5-10H,1-4H3/q+1. The summed E-state index contributed by atoms with van der Waals surface area (Å²) >= 11 is 0. The van der Waals surface area contributed by atoms with E-state index in [1.165, 1.54) is 0 Å². The van der Waals surface area contributed by atoms with Crippen molar-refractivity contribution < 1.29 is 13.0 Å². The molecule has 1 aromatic carbocycles. The van der Waals surface area contributed by atoms with Crippen molar-refractivity contribution in [3.05, 3.63) is 36.5 Å². The number of pyridine rings is 1. The number of benzene rings is 1. The van der Waals surface area contributed by atoms with Crippen molar-refractivity contribution in [2.75, 3.05) is 0 Å². The molecule has 0 N–H and O–H groups in total. The van der Waals surface area contributed by atoms with Gasteiger partial charge in [0.05, 0.1) is 9.64 Å². The van der Waals surface area contributed by atoms with Gasteiger partial charge in [-0.05, 0) is 39.0 Å². The topological polar surface area (TPSA) is 38.0 Å². The molecule has 1 aromatic heterocycles. The van der Waals surface area contributed by atoms with Crippen molar-refractivity contribution >= 4 is 20.7 Å². The fourth-order valence-electron chi connectivity index (χ4n) is 1.86. The van der Waals surface area contributed by atoms with Gasteiger partial charge in [-0.1, -0.05) is 0 Å². The Morgan fingerprint density at radius 1 is 1.11 bits per heavy atom. The van der Waals surface area contributed by atoms with Crippen LogP contribution in [-0.2, 0) is 16.9 Å². The van der Waals surface area contributed by atoms with Crippen LogP contribution in [0.3, 0.4) is 0 Å². The lowest BCUT2D eigenvalue weighted by atomic mass is 10.2. The van der Waals surface area contributed by atoms with E-state index in [2.05, 4.69) is 0 Å². The van der Waals surface area contributed by atoms with Crippen LogP contribution in [0.1, 0.15) is 20.8 Å².